The van der Waals surface area contributed by atoms with Gasteiger partial charge in [0.1, 0.15) is 17.6 Å². The van der Waals surface area contributed by atoms with E-state index in [9.17, 15) is 14.0 Å². The highest BCUT2D eigenvalue weighted by Gasteiger charge is 2.23. The molecular weight excluding hydrogens is 299 g/mol. The molecule has 0 aliphatic carbocycles. The van der Waals surface area contributed by atoms with E-state index in [1.807, 2.05) is 0 Å². The van der Waals surface area contributed by atoms with Crippen LogP contribution in [0.25, 0.3) is 0 Å². The first-order valence-corrected chi connectivity index (χ1v) is 7.04. The monoisotopic (exact) mass is 316 g/mol. The van der Waals surface area contributed by atoms with Crippen LogP contribution in [0.5, 0.6) is 5.75 Å². The number of nitrogens with one attached hydrogen (secondary N) is 1. The molecule has 2 rings (SSSR count). The molecule has 0 fully saturated rings. The SMILES string of the molecule is C[C@H](Oc1ccc(F)cc1)C(=O)N[C@@H](C(N)=O)c1ccccc1. The lowest BCUT2D eigenvalue weighted by Crippen LogP contribution is -2.43. The minimum Gasteiger partial charge on any atom is -0.481 e. The molecule has 2 aromatic rings. The van der Waals surface area contributed by atoms with E-state index in [0.29, 0.717) is 11.3 Å². The molecule has 6 heteroatoms. The first-order valence-electron chi connectivity index (χ1n) is 7.04. The standard InChI is InChI=1S/C17H17FN2O3/c1-11(23-14-9-7-13(18)8-10-14)17(22)20-15(16(19)21)12-5-3-2-4-6-12/h2-11,15H,1H3,(H2,19,21)(H,20,22)/t11-,15+/m0/s1. The molecule has 0 aromatic heterocycles. The fourth-order valence-corrected chi connectivity index (χ4v) is 1.99. The predicted molar refractivity (Wildman–Crippen MR) is 83.0 cm³/mol. The number of benzene rings is 2. The molecule has 23 heavy (non-hydrogen) atoms. The van der Waals surface area contributed by atoms with Crippen molar-refractivity contribution in [2.75, 3.05) is 0 Å². The summed E-state index contributed by atoms with van der Waals surface area (Å²) in [7, 11) is 0. The van der Waals surface area contributed by atoms with E-state index in [0.717, 1.165) is 0 Å². The Bertz CT molecular complexity index is 674. The zero-order valence-electron chi connectivity index (χ0n) is 12.5. The number of hydrogen-bond donors (Lipinski definition) is 2. The van der Waals surface area contributed by atoms with Gasteiger partial charge >= 0.3 is 0 Å². The molecule has 2 atom stereocenters. The minimum absolute atomic E-state index is 0.351. The van der Waals surface area contributed by atoms with Gasteiger partial charge < -0.3 is 15.8 Å². The van der Waals surface area contributed by atoms with Crippen molar-refractivity contribution in [1.82, 2.24) is 5.32 Å². The summed E-state index contributed by atoms with van der Waals surface area (Å²) in [6.07, 6.45) is -0.869. The molecule has 0 aliphatic heterocycles. The summed E-state index contributed by atoms with van der Waals surface area (Å²) in [5, 5.41) is 2.55. The third-order valence-corrected chi connectivity index (χ3v) is 3.20. The third kappa shape index (κ3) is 4.54. The van der Waals surface area contributed by atoms with Gasteiger partial charge in [-0.2, -0.15) is 0 Å². The van der Waals surface area contributed by atoms with Gasteiger partial charge in [-0.05, 0) is 36.8 Å². The predicted octanol–water partition coefficient (Wildman–Crippen LogP) is 1.94. The number of rotatable bonds is 6. The van der Waals surface area contributed by atoms with Crippen LogP contribution in [0, 0.1) is 5.82 Å². The first-order chi connectivity index (χ1) is 11.0. The molecule has 0 aliphatic rings. The first kappa shape index (κ1) is 16.5. The number of nitrogens with two attached hydrogens (primary N) is 1. The number of amides is 2. The fraction of sp³-hybridized carbons (Fsp3) is 0.176. The van der Waals surface area contributed by atoms with Crippen molar-refractivity contribution >= 4 is 11.8 Å². The second kappa shape index (κ2) is 7.40. The summed E-state index contributed by atoms with van der Waals surface area (Å²) in [6.45, 7) is 1.53. The Kier molecular flexibility index (Phi) is 5.30. The number of carbonyl (C=O) groups excluding carboxylic acids is 2. The zero-order chi connectivity index (χ0) is 16.8. The minimum atomic E-state index is -0.942. The highest BCUT2D eigenvalue weighted by atomic mass is 19.1. The average molecular weight is 316 g/mol. The van der Waals surface area contributed by atoms with E-state index in [1.165, 1.54) is 31.2 Å². The van der Waals surface area contributed by atoms with Crippen LogP contribution in [-0.4, -0.2) is 17.9 Å². The van der Waals surface area contributed by atoms with Gasteiger partial charge in [0.25, 0.3) is 5.91 Å². The van der Waals surface area contributed by atoms with Crippen molar-refractivity contribution in [1.29, 1.82) is 0 Å². The molecule has 120 valence electrons. The fourth-order valence-electron chi connectivity index (χ4n) is 1.99. The number of hydrogen-bond acceptors (Lipinski definition) is 3. The molecule has 0 saturated carbocycles. The summed E-state index contributed by atoms with van der Waals surface area (Å²) in [5.74, 6) is -1.21. The smallest absolute Gasteiger partial charge is 0.261 e. The summed E-state index contributed by atoms with van der Waals surface area (Å²) >= 11 is 0. The van der Waals surface area contributed by atoms with Gasteiger partial charge in [-0.25, -0.2) is 4.39 Å². The number of halogens is 1. The van der Waals surface area contributed by atoms with E-state index in [2.05, 4.69) is 5.32 Å². The topological polar surface area (TPSA) is 81.4 Å². The van der Waals surface area contributed by atoms with Gasteiger partial charge in [-0.1, -0.05) is 30.3 Å². The Hall–Kier alpha value is -2.89. The van der Waals surface area contributed by atoms with Crippen LogP contribution in [0.4, 0.5) is 4.39 Å². The lowest BCUT2D eigenvalue weighted by molar-refractivity contribution is -0.131. The van der Waals surface area contributed by atoms with E-state index in [4.69, 9.17) is 10.5 Å². The van der Waals surface area contributed by atoms with Crippen molar-refractivity contribution < 1.29 is 18.7 Å². The van der Waals surface area contributed by atoms with Crippen molar-refractivity contribution in [2.45, 2.75) is 19.1 Å². The largest absolute Gasteiger partial charge is 0.481 e. The number of ether oxygens (including phenoxy) is 1. The second-order valence-electron chi connectivity index (χ2n) is 4.97. The molecule has 0 bridgehead atoms. The number of carbonyl (C=O) groups is 2. The van der Waals surface area contributed by atoms with Crippen LogP contribution in [0.1, 0.15) is 18.5 Å². The summed E-state index contributed by atoms with van der Waals surface area (Å²) in [5.41, 5.74) is 5.94. The maximum absolute atomic E-state index is 12.8. The maximum atomic E-state index is 12.8. The Morgan fingerprint density at radius 3 is 2.26 bits per heavy atom. The normalized spacial score (nSPS) is 13.0. The third-order valence-electron chi connectivity index (χ3n) is 3.20. The van der Waals surface area contributed by atoms with Crippen molar-refractivity contribution in [3.05, 3.63) is 66.0 Å². The van der Waals surface area contributed by atoms with Gasteiger partial charge in [0.15, 0.2) is 6.10 Å². The molecule has 2 amide bonds. The van der Waals surface area contributed by atoms with Crippen molar-refractivity contribution in [3.8, 4) is 5.75 Å². The van der Waals surface area contributed by atoms with Gasteiger partial charge in [0.05, 0.1) is 0 Å². The zero-order valence-corrected chi connectivity index (χ0v) is 12.5. The van der Waals surface area contributed by atoms with Crippen LogP contribution < -0.4 is 15.8 Å². The quantitative estimate of drug-likeness (QED) is 0.854. The van der Waals surface area contributed by atoms with Crippen LogP contribution >= 0.6 is 0 Å². The molecule has 0 radical (unpaired) electrons. The summed E-state index contributed by atoms with van der Waals surface area (Å²) in [4.78, 5) is 23.8. The maximum Gasteiger partial charge on any atom is 0.261 e. The summed E-state index contributed by atoms with van der Waals surface area (Å²) in [6, 6.07) is 13.0. The molecule has 2 aromatic carbocycles. The Labute approximate surface area is 133 Å². The van der Waals surface area contributed by atoms with Crippen LogP contribution in [0.15, 0.2) is 54.6 Å². The molecule has 0 saturated heterocycles. The van der Waals surface area contributed by atoms with E-state index >= 15 is 0 Å². The van der Waals surface area contributed by atoms with E-state index in [1.54, 1.807) is 30.3 Å². The molecule has 0 heterocycles. The van der Waals surface area contributed by atoms with Crippen molar-refractivity contribution in [3.63, 3.8) is 0 Å². The molecule has 0 unspecified atom stereocenters. The Morgan fingerprint density at radius 1 is 1.09 bits per heavy atom. The van der Waals surface area contributed by atoms with Gasteiger partial charge in [0.2, 0.25) is 5.91 Å². The lowest BCUT2D eigenvalue weighted by atomic mass is 10.1. The van der Waals surface area contributed by atoms with Gasteiger partial charge in [0, 0.05) is 0 Å². The van der Waals surface area contributed by atoms with Crippen LogP contribution in [-0.2, 0) is 9.59 Å². The van der Waals surface area contributed by atoms with Gasteiger partial charge in [-0.3, -0.25) is 9.59 Å². The van der Waals surface area contributed by atoms with E-state index < -0.39 is 29.8 Å². The highest BCUT2D eigenvalue weighted by molar-refractivity contribution is 5.89. The molecule has 5 nitrogen and oxygen atoms in total. The van der Waals surface area contributed by atoms with Crippen LogP contribution in [0.3, 0.4) is 0 Å². The van der Waals surface area contributed by atoms with Gasteiger partial charge in [-0.15, -0.1) is 0 Å². The lowest BCUT2D eigenvalue weighted by Gasteiger charge is -2.19. The Morgan fingerprint density at radius 2 is 1.70 bits per heavy atom. The number of primary amides is 1. The highest BCUT2D eigenvalue weighted by Crippen LogP contribution is 2.15. The second-order valence-corrected chi connectivity index (χ2v) is 4.97. The van der Waals surface area contributed by atoms with Crippen LogP contribution in [0.2, 0.25) is 0 Å². The summed E-state index contributed by atoms with van der Waals surface area (Å²) < 4.78 is 18.3. The molecular formula is C17H17FN2O3. The average Bonchev–Trinajstić information content (AvgIpc) is 2.55. The van der Waals surface area contributed by atoms with Crippen molar-refractivity contribution in [2.24, 2.45) is 5.73 Å². The molecule has 0 spiro atoms. The Balaban J connectivity index is 2.03. The molecule has 3 N–H and O–H groups in total. The van der Waals surface area contributed by atoms with E-state index in [-0.39, 0.29) is 0 Å².